The third-order valence-corrected chi connectivity index (χ3v) is 4.32. The lowest BCUT2D eigenvalue weighted by molar-refractivity contribution is -0.137. The predicted molar refractivity (Wildman–Crippen MR) is 73.7 cm³/mol. The number of carbonyl (C=O) groups is 2. The third-order valence-electron chi connectivity index (χ3n) is 3.17. The number of hydrogen-bond donors (Lipinski definition) is 1. The van der Waals surface area contributed by atoms with Gasteiger partial charge in [-0.1, -0.05) is 20.8 Å². The van der Waals surface area contributed by atoms with E-state index in [0.717, 1.165) is 13.1 Å². The van der Waals surface area contributed by atoms with Gasteiger partial charge in [0.15, 0.2) is 0 Å². The van der Waals surface area contributed by atoms with Crippen molar-refractivity contribution in [2.24, 2.45) is 11.8 Å². The fourth-order valence-corrected chi connectivity index (χ4v) is 3.35. The van der Waals surface area contributed by atoms with Gasteiger partial charge in [-0.05, 0) is 18.3 Å². The molecule has 1 N–H and O–H groups in total. The van der Waals surface area contributed by atoms with E-state index in [2.05, 4.69) is 13.8 Å². The Balaban J connectivity index is 2.34. The largest absolute Gasteiger partial charge is 0.481 e. The first-order valence-electron chi connectivity index (χ1n) is 6.49. The molecule has 1 aliphatic rings. The average molecular weight is 273 g/mol. The fraction of sp³-hybridized carbons (Fsp3) is 0.846. The second kappa shape index (κ2) is 7.02. The van der Waals surface area contributed by atoms with Crippen molar-refractivity contribution in [2.45, 2.75) is 38.9 Å². The van der Waals surface area contributed by atoms with Crippen LogP contribution in [-0.4, -0.2) is 46.0 Å². The molecule has 4 nitrogen and oxygen atoms in total. The van der Waals surface area contributed by atoms with Gasteiger partial charge in [0.05, 0.1) is 12.2 Å². The van der Waals surface area contributed by atoms with Gasteiger partial charge >= 0.3 is 5.97 Å². The maximum atomic E-state index is 12.0. The lowest BCUT2D eigenvalue weighted by atomic mass is 9.92. The fourth-order valence-electron chi connectivity index (χ4n) is 2.48. The minimum atomic E-state index is -0.803. The molecule has 1 aliphatic heterocycles. The highest BCUT2D eigenvalue weighted by molar-refractivity contribution is 8.00. The minimum absolute atomic E-state index is 0.00825. The van der Waals surface area contributed by atoms with Gasteiger partial charge in [0.2, 0.25) is 5.91 Å². The lowest BCUT2D eigenvalue weighted by Crippen LogP contribution is -2.43. The van der Waals surface area contributed by atoms with E-state index in [0.29, 0.717) is 17.6 Å². The minimum Gasteiger partial charge on any atom is -0.481 e. The highest BCUT2D eigenvalue weighted by Crippen LogP contribution is 2.22. The second-order valence-corrected chi connectivity index (χ2v) is 6.89. The molecule has 1 amide bonds. The van der Waals surface area contributed by atoms with Crippen LogP contribution in [0, 0.1) is 11.8 Å². The molecule has 1 rings (SSSR count). The van der Waals surface area contributed by atoms with Gasteiger partial charge in [-0.15, -0.1) is 11.8 Å². The van der Waals surface area contributed by atoms with Gasteiger partial charge in [-0.25, -0.2) is 0 Å². The zero-order chi connectivity index (χ0) is 13.7. The van der Waals surface area contributed by atoms with Crippen molar-refractivity contribution in [3.05, 3.63) is 0 Å². The SMILES string of the molecule is CC1CC(C)CN(C(=O)CSC(C)CC(=O)O)C1. The van der Waals surface area contributed by atoms with E-state index in [9.17, 15) is 9.59 Å². The highest BCUT2D eigenvalue weighted by Gasteiger charge is 2.25. The Morgan fingerprint density at radius 3 is 2.39 bits per heavy atom. The quantitative estimate of drug-likeness (QED) is 0.833. The van der Waals surface area contributed by atoms with Gasteiger partial charge in [0.25, 0.3) is 0 Å². The van der Waals surface area contributed by atoms with Crippen LogP contribution in [0.2, 0.25) is 0 Å². The monoisotopic (exact) mass is 273 g/mol. The standard InChI is InChI=1S/C13H23NO3S/c1-9-4-10(2)7-14(6-9)12(15)8-18-11(3)5-13(16)17/h9-11H,4-8H2,1-3H3,(H,16,17). The van der Waals surface area contributed by atoms with Gasteiger partial charge in [0.1, 0.15) is 0 Å². The molecule has 0 bridgehead atoms. The van der Waals surface area contributed by atoms with Crippen molar-refractivity contribution < 1.29 is 14.7 Å². The van der Waals surface area contributed by atoms with E-state index in [-0.39, 0.29) is 17.6 Å². The van der Waals surface area contributed by atoms with Crippen LogP contribution in [0.15, 0.2) is 0 Å². The Morgan fingerprint density at radius 2 is 1.89 bits per heavy atom. The summed E-state index contributed by atoms with van der Waals surface area (Å²) in [5.41, 5.74) is 0. The number of thioether (sulfide) groups is 1. The Bertz CT molecular complexity index is 299. The predicted octanol–water partition coefficient (Wildman–Crippen LogP) is 2.09. The van der Waals surface area contributed by atoms with Gasteiger partial charge in [-0.2, -0.15) is 0 Å². The van der Waals surface area contributed by atoms with Crippen molar-refractivity contribution in [2.75, 3.05) is 18.8 Å². The van der Waals surface area contributed by atoms with Crippen molar-refractivity contribution >= 4 is 23.6 Å². The Hall–Kier alpha value is -0.710. The number of carboxylic acids is 1. The number of amides is 1. The maximum Gasteiger partial charge on any atom is 0.304 e. The summed E-state index contributed by atoms with van der Waals surface area (Å²) in [7, 11) is 0. The lowest BCUT2D eigenvalue weighted by Gasteiger charge is -2.35. The molecule has 0 spiro atoms. The molecule has 3 unspecified atom stereocenters. The van der Waals surface area contributed by atoms with Crippen LogP contribution >= 0.6 is 11.8 Å². The van der Waals surface area contributed by atoms with Crippen LogP contribution in [0.5, 0.6) is 0 Å². The molecule has 5 heteroatoms. The Morgan fingerprint density at radius 1 is 1.33 bits per heavy atom. The smallest absolute Gasteiger partial charge is 0.304 e. The highest BCUT2D eigenvalue weighted by atomic mass is 32.2. The number of likely N-dealkylation sites (tertiary alicyclic amines) is 1. The number of carboxylic acid groups (broad SMARTS) is 1. The number of nitrogens with zero attached hydrogens (tertiary/aromatic N) is 1. The summed E-state index contributed by atoms with van der Waals surface area (Å²) in [5.74, 6) is 0.880. The van der Waals surface area contributed by atoms with E-state index in [1.807, 2.05) is 11.8 Å². The van der Waals surface area contributed by atoms with Crippen LogP contribution in [0.4, 0.5) is 0 Å². The van der Waals surface area contributed by atoms with E-state index in [4.69, 9.17) is 5.11 Å². The molecule has 3 atom stereocenters. The number of hydrogen-bond acceptors (Lipinski definition) is 3. The number of rotatable bonds is 5. The summed E-state index contributed by atoms with van der Waals surface area (Å²) in [6.07, 6.45) is 1.30. The number of aliphatic carboxylic acids is 1. The Kier molecular flexibility index (Phi) is 5.99. The van der Waals surface area contributed by atoms with Crippen LogP contribution in [0.3, 0.4) is 0 Å². The molecule has 104 valence electrons. The molecule has 0 aromatic rings. The van der Waals surface area contributed by atoms with Gasteiger partial charge in [0, 0.05) is 18.3 Å². The van der Waals surface area contributed by atoms with Crippen LogP contribution in [0.25, 0.3) is 0 Å². The van der Waals surface area contributed by atoms with Crippen LogP contribution in [-0.2, 0) is 9.59 Å². The maximum absolute atomic E-state index is 12.0. The summed E-state index contributed by atoms with van der Waals surface area (Å²) in [6, 6.07) is 0. The zero-order valence-corrected chi connectivity index (χ0v) is 12.2. The number of carbonyl (C=O) groups excluding carboxylic acids is 1. The summed E-state index contributed by atoms with van der Waals surface area (Å²) >= 11 is 1.44. The topological polar surface area (TPSA) is 57.6 Å². The van der Waals surface area contributed by atoms with E-state index < -0.39 is 5.97 Å². The molecule has 18 heavy (non-hydrogen) atoms. The number of piperidine rings is 1. The molecule has 0 aromatic heterocycles. The molecule has 0 aliphatic carbocycles. The second-order valence-electron chi connectivity index (χ2n) is 5.46. The molecule has 1 fully saturated rings. The normalized spacial score (nSPS) is 25.8. The van der Waals surface area contributed by atoms with Crippen molar-refractivity contribution in [3.8, 4) is 0 Å². The van der Waals surface area contributed by atoms with Crippen molar-refractivity contribution in [1.82, 2.24) is 4.90 Å². The first kappa shape index (κ1) is 15.3. The van der Waals surface area contributed by atoms with Gasteiger partial charge in [-0.3, -0.25) is 9.59 Å². The average Bonchev–Trinajstić information content (AvgIpc) is 2.23. The summed E-state index contributed by atoms with van der Waals surface area (Å²) < 4.78 is 0. The summed E-state index contributed by atoms with van der Waals surface area (Å²) in [6.45, 7) is 7.90. The molecule has 1 heterocycles. The molecular weight excluding hydrogens is 250 g/mol. The van der Waals surface area contributed by atoms with E-state index in [1.165, 1.54) is 18.2 Å². The third kappa shape index (κ3) is 5.29. The summed E-state index contributed by atoms with van der Waals surface area (Å²) in [5, 5.41) is 8.65. The Labute approximate surface area is 113 Å². The first-order valence-corrected chi connectivity index (χ1v) is 7.54. The van der Waals surface area contributed by atoms with Crippen molar-refractivity contribution in [1.29, 1.82) is 0 Å². The van der Waals surface area contributed by atoms with E-state index >= 15 is 0 Å². The summed E-state index contributed by atoms with van der Waals surface area (Å²) in [4.78, 5) is 24.5. The molecule has 0 saturated carbocycles. The van der Waals surface area contributed by atoms with Crippen LogP contribution in [0.1, 0.15) is 33.6 Å². The van der Waals surface area contributed by atoms with Gasteiger partial charge < -0.3 is 10.0 Å². The van der Waals surface area contributed by atoms with Crippen LogP contribution < -0.4 is 0 Å². The first-order chi connectivity index (χ1) is 8.38. The van der Waals surface area contributed by atoms with Crippen molar-refractivity contribution in [3.63, 3.8) is 0 Å². The molecule has 0 radical (unpaired) electrons. The molecular formula is C13H23NO3S. The molecule has 0 aromatic carbocycles. The van der Waals surface area contributed by atoms with E-state index in [1.54, 1.807) is 0 Å². The molecule has 1 saturated heterocycles. The zero-order valence-electron chi connectivity index (χ0n) is 11.4.